The second-order valence-corrected chi connectivity index (χ2v) is 7.21. The SMILES string of the molecule is O=C1N=C(N2CCOCC2)S/C1=C(\Cc1ccccc1)c1ccccc1. The molecule has 0 spiro atoms. The zero-order valence-electron chi connectivity index (χ0n) is 14.4. The summed E-state index contributed by atoms with van der Waals surface area (Å²) < 4.78 is 5.41. The van der Waals surface area contributed by atoms with Crippen LogP contribution < -0.4 is 0 Å². The van der Waals surface area contributed by atoms with Crippen LogP contribution >= 0.6 is 11.8 Å². The Kier molecular flexibility index (Phi) is 5.18. The van der Waals surface area contributed by atoms with Gasteiger partial charge in [-0.1, -0.05) is 60.7 Å². The quantitative estimate of drug-likeness (QED) is 0.781. The number of benzene rings is 2. The molecule has 2 aliphatic rings. The Morgan fingerprint density at radius 2 is 1.65 bits per heavy atom. The van der Waals surface area contributed by atoms with E-state index in [1.54, 1.807) is 0 Å². The van der Waals surface area contributed by atoms with E-state index in [4.69, 9.17) is 4.74 Å². The maximum Gasteiger partial charge on any atom is 0.286 e. The van der Waals surface area contributed by atoms with Gasteiger partial charge >= 0.3 is 0 Å². The molecular formula is C21H20N2O2S. The molecule has 2 heterocycles. The van der Waals surface area contributed by atoms with Gasteiger partial charge in [-0.2, -0.15) is 4.99 Å². The molecule has 0 bridgehead atoms. The number of nitrogens with zero attached hydrogens (tertiary/aromatic N) is 2. The van der Waals surface area contributed by atoms with Crippen molar-refractivity contribution in [2.75, 3.05) is 26.3 Å². The maximum atomic E-state index is 12.7. The van der Waals surface area contributed by atoms with E-state index in [9.17, 15) is 4.79 Å². The molecule has 26 heavy (non-hydrogen) atoms. The van der Waals surface area contributed by atoms with E-state index < -0.39 is 0 Å². The number of hydrogen-bond donors (Lipinski definition) is 0. The van der Waals surface area contributed by atoms with Crippen molar-refractivity contribution in [3.63, 3.8) is 0 Å². The molecule has 4 nitrogen and oxygen atoms in total. The molecule has 4 rings (SSSR count). The predicted molar refractivity (Wildman–Crippen MR) is 106 cm³/mol. The van der Waals surface area contributed by atoms with Crippen LogP contribution in [0.4, 0.5) is 0 Å². The molecule has 1 fully saturated rings. The van der Waals surface area contributed by atoms with Crippen molar-refractivity contribution >= 4 is 28.4 Å². The smallest absolute Gasteiger partial charge is 0.286 e. The number of amides is 1. The van der Waals surface area contributed by atoms with E-state index in [1.807, 2.05) is 36.4 Å². The largest absolute Gasteiger partial charge is 0.378 e. The molecule has 1 amide bonds. The van der Waals surface area contributed by atoms with Gasteiger partial charge in [-0.05, 0) is 34.9 Å². The van der Waals surface area contributed by atoms with Gasteiger partial charge in [0, 0.05) is 13.1 Å². The Hall–Kier alpha value is -2.37. The number of morpholine rings is 1. The topological polar surface area (TPSA) is 41.9 Å². The zero-order valence-corrected chi connectivity index (χ0v) is 15.2. The van der Waals surface area contributed by atoms with Crippen LogP contribution in [-0.4, -0.2) is 42.3 Å². The van der Waals surface area contributed by atoms with Gasteiger partial charge in [-0.3, -0.25) is 4.79 Å². The highest BCUT2D eigenvalue weighted by Crippen LogP contribution is 2.36. The number of aliphatic imine (C=N–C) groups is 1. The Balaban J connectivity index is 1.68. The number of rotatable bonds is 3. The van der Waals surface area contributed by atoms with Crippen molar-refractivity contribution in [1.29, 1.82) is 0 Å². The summed E-state index contributed by atoms with van der Waals surface area (Å²) in [5.41, 5.74) is 3.30. The minimum atomic E-state index is -0.133. The van der Waals surface area contributed by atoms with Gasteiger partial charge in [0.05, 0.1) is 18.1 Å². The summed E-state index contributed by atoms with van der Waals surface area (Å²) >= 11 is 1.50. The third kappa shape index (κ3) is 3.74. The van der Waals surface area contributed by atoms with Gasteiger partial charge in [-0.25, -0.2) is 0 Å². The number of carbonyl (C=O) groups excluding carboxylic acids is 1. The average Bonchev–Trinajstić information content (AvgIpc) is 3.10. The van der Waals surface area contributed by atoms with Crippen molar-refractivity contribution in [2.45, 2.75) is 6.42 Å². The molecular weight excluding hydrogens is 344 g/mol. The van der Waals surface area contributed by atoms with E-state index in [2.05, 4.69) is 34.2 Å². The second-order valence-electron chi connectivity index (χ2n) is 6.24. The van der Waals surface area contributed by atoms with Crippen LogP contribution in [0, 0.1) is 0 Å². The summed E-state index contributed by atoms with van der Waals surface area (Å²) in [5, 5.41) is 0.801. The maximum absolute atomic E-state index is 12.7. The molecule has 0 saturated carbocycles. The molecule has 0 atom stereocenters. The molecule has 0 aliphatic carbocycles. The van der Waals surface area contributed by atoms with Gasteiger partial charge in [-0.15, -0.1) is 0 Å². The summed E-state index contributed by atoms with van der Waals surface area (Å²) in [5.74, 6) is -0.133. The molecule has 0 N–H and O–H groups in total. The Morgan fingerprint density at radius 3 is 2.35 bits per heavy atom. The second kappa shape index (κ2) is 7.89. The number of ether oxygens (including phenoxy) is 1. The number of amidine groups is 1. The van der Waals surface area contributed by atoms with Gasteiger partial charge in [0.25, 0.3) is 5.91 Å². The summed E-state index contributed by atoms with van der Waals surface area (Å²) in [6.07, 6.45) is 0.713. The van der Waals surface area contributed by atoms with Gasteiger partial charge in [0.1, 0.15) is 0 Å². The highest BCUT2D eigenvalue weighted by Gasteiger charge is 2.30. The first-order valence-electron chi connectivity index (χ1n) is 8.77. The number of allylic oxidation sites excluding steroid dienone is 1. The predicted octanol–water partition coefficient (Wildman–Crippen LogP) is 3.60. The van der Waals surface area contributed by atoms with Crippen molar-refractivity contribution in [3.05, 3.63) is 76.7 Å². The fraction of sp³-hybridized carbons (Fsp3) is 0.238. The fourth-order valence-electron chi connectivity index (χ4n) is 3.13. The van der Waals surface area contributed by atoms with Crippen LogP contribution in [0.15, 0.2) is 70.6 Å². The van der Waals surface area contributed by atoms with E-state index >= 15 is 0 Å². The van der Waals surface area contributed by atoms with Crippen molar-refractivity contribution in [3.8, 4) is 0 Å². The lowest BCUT2D eigenvalue weighted by atomic mass is 9.97. The molecule has 0 aromatic heterocycles. The minimum Gasteiger partial charge on any atom is -0.378 e. The third-order valence-electron chi connectivity index (χ3n) is 4.49. The summed E-state index contributed by atoms with van der Waals surface area (Å²) in [7, 11) is 0. The summed E-state index contributed by atoms with van der Waals surface area (Å²) in [6.45, 7) is 2.93. The molecule has 132 valence electrons. The van der Waals surface area contributed by atoms with E-state index in [0.29, 0.717) is 19.6 Å². The number of thioether (sulfide) groups is 1. The monoisotopic (exact) mass is 364 g/mol. The Labute approximate surface area is 157 Å². The minimum absolute atomic E-state index is 0.133. The van der Waals surface area contributed by atoms with E-state index in [1.165, 1.54) is 17.3 Å². The normalized spacial score (nSPS) is 19.5. The highest BCUT2D eigenvalue weighted by molar-refractivity contribution is 8.18. The van der Waals surface area contributed by atoms with Crippen LogP contribution in [0.1, 0.15) is 11.1 Å². The molecule has 2 aromatic carbocycles. The molecule has 1 saturated heterocycles. The van der Waals surface area contributed by atoms with Crippen LogP contribution in [0.25, 0.3) is 5.57 Å². The highest BCUT2D eigenvalue weighted by atomic mass is 32.2. The number of carbonyl (C=O) groups is 1. The Morgan fingerprint density at radius 1 is 1.00 bits per heavy atom. The van der Waals surface area contributed by atoms with Crippen molar-refractivity contribution in [2.24, 2.45) is 4.99 Å². The van der Waals surface area contributed by atoms with E-state index in [0.717, 1.165) is 34.3 Å². The van der Waals surface area contributed by atoms with Crippen molar-refractivity contribution in [1.82, 2.24) is 4.90 Å². The first kappa shape index (κ1) is 17.1. The Bertz CT molecular complexity index is 841. The summed E-state index contributed by atoms with van der Waals surface area (Å²) in [6, 6.07) is 20.4. The lowest BCUT2D eigenvalue weighted by molar-refractivity contribution is -0.113. The van der Waals surface area contributed by atoms with Crippen molar-refractivity contribution < 1.29 is 9.53 Å². The third-order valence-corrected chi connectivity index (χ3v) is 5.64. The van der Waals surface area contributed by atoms with Gasteiger partial charge in [0.15, 0.2) is 5.17 Å². The molecule has 2 aliphatic heterocycles. The van der Waals surface area contributed by atoms with Gasteiger partial charge < -0.3 is 9.64 Å². The zero-order chi connectivity index (χ0) is 17.8. The van der Waals surface area contributed by atoms with Crippen LogP contribution in [0.2, 0.25) is 0 Å². The first-order valence-corrected chi connectivity index (χ1v) is 9.59. The summed E-state index contributed by atoms with van der Waals surface area (Å²) in [4.78, 5) is 19.9. The fourth-order valence-corrected chi connectivity index (χ4v) is 4.20. The average molecular weight is 364 g/mol. The number of hydrogen-bond acceptors (Lipinski definition) is 4. The van der Waals surface area contributed by atoms with Crippen LogP contribution in [0.5, 0.6) is 0 Å². The molecule has 5 heteroatoms. The molecule has 0 radical (unpaired) electrons. The lowest BCUT2D eigenvalue weighted by Crippen LogP contribution is -2.38. The first-order chi connectivity index (χ1) is 12.8. The molecule has 0 unspecified atom stereocenters. The lowest BCUT2D eigenvalue weighted by Gasteiger charge is -2.27. The van der Waals surface area contributed by atoms with E-state index in [-0.39, 0.29) is 5.91 Å². The molecule has 2 aromatic rings. The van der Waals surface area contributed by atoms with Gasteiger partial charge in [0.2, 0.25) is 0 Å². The van der Waals surface area contributed by atoms with Crippen LogP contribution in [-0.2, 0) is 16.0 Å². The van der Waals surface area contributed by atoms with Crippen LogP contribution in [0.3, 0.4) is 0 Å². The standard InChI is InChI=1S/C21H20N2O2S/c24-20-19(26-21(22-20)23-11-13-25-14-12-23)18(17-9-5-2-6-10-17)15-16-7-3-1-4-8-16/h1-10H,11-15H2/b19-18+.